The highest BCUT2D eigenvalue weighted by molar-refractivity contribution is 7.09. The molecule has 6 atom stereocenters. The van der Waals surface area contributed by atoms with Gasteiger partial charge in [0.25, 0.3) is 5.91 Å². The maximum absolute atomic E-state index is 14.5. The number of carbonyl (C=O) groups is 5. The summed E-state index contributed by atoms with van der Waals surface area (Å²) in [5.41, 5.74) is 5.55. The van der Waals surface area contributed by atoms with Crippen molar-refractivity contribution in [3.8, 4) is 11.1 Å². The number of ether oxygens (including phenoxy) is 3. The van der Waals surface area contributed by atoms with Gasteiger partial charge in [0.05, 0.1) is 5.92 Å². The van der Waals surface area contributed by atoms with E-state index in [1.807, 2.05) is 82.3 Å². The zero-order valence-corrected chi connectivity index (χ0v) is 38.3. The Labute approximate surface area is 375 Å². The molecular weight excluding hydrogens is 817 g/mol. The summed E-state index contributed by atoms with van der Waals surface area (Å²) < 4.78 is 17.1. The van der Waals surface area contributed by atoms with Gasteiger partial charge >= 0.3 is 18.0 Å². The molecule has 336 valence electrons. The van der Waals surface area contributed by atoms with Crippen LogP contribution in [0.4, 0.5) is 4.79 Å². The Bertz CT molecular complexity index is 2150. The Balaban J connectivity index is 1.30. The monoisotopic (exact) mass is 878 g/mol. The molecule has 3 amide bonds. The van der Waals surface area contributed by atoms with Crippen LogP contribution in [0.3, 0.4) is 0 Å². The van der Waals surface area contributed by atoms with Crippen molar-refractivity contribution in [1.82, 2.24) is 20.5 Å². The van der Waals surface area contributed by atoms with Crippen LogP contribution in [0.15, 0.2) is 96.9 Å². The molecule has 0 fully saturated rings. The number of rotatable bonds is 22. The first kappa shape index (κ1) is 48.2. The topological polar surface area (TPSA) is 153 Å². The second-order valence-corrected chi connectivity index (χ2v) is 17.5. The summed E-state index contributed by atoms with van der Waals surface area (Å²) >= 11 is 1.19. The Morgan fingerprint density at radius 3 is 2.10 bits per heavy atom. The lowest BCUT2D eigenvalue weighted by Crippen LogP contribution is -2.54. The Hall–Kier alpha value is -5.82. The number of alkyl carbamates (subject to hydrolysis) is 1. The number of fused-ring (bicyclic) bond motifs is 3. The van der Waals surface area contributed by atoms with E-state index in [0.29, 0.717) is 24.3 Å². The van der Waals surface area contributed by atoms with Gasteiger partial charge in [-0.05, 0) is 52.5 Å². The molecule has 3 aromatic carbocycles. The van der Waals surface area contributed by atoms with Crippen LogP contribution in [0, 0.1) is 17.8 Å². The fourth-order valence-electron chi connectivity index (χ4n) is 8.07. The average molecular weight is 879 g/mol. The van der Waals surface area contributed by atoms with E-state index in [0.717, 1.165) is 27.8 Å². The molecular formula is C50H62N4O8S. The summed E-state index contributed by atoms with van der Waals surface area (Å²) in [4.78, 5) is 73.6. The van der Waals surface area contributed by atoms with Crippen LogP contribution < -0.4 is 10.6 Å². The summed E-state index contributed by atoms with van der Waals surface area (Å²) in [6.45, 7) is 15.1. The van der Waals surface area contributed by atoms with Crippen molar-refractivity contribution in [2.24, 2.45) is 17.8 Å². The molecule has 0 spiro atoms. The predicted molar refractivity (Wildman–Crippen MR) is 245 cm³/mol. The molecule has 2 N–H and O–H groups in total. The fraction of sp³-hybridized carbons (Fsp3) is 0.440. The van der Waals surface area contributed by atoms with Crippen LogP contribution in [-0.2, 0) is 35.0 Å². The van der Waals surface area contributed by atoms with Crippen LogP contribution in [0.1, 0.15) is 111 Å². The number of likely N-dealkylation sites (N-methyl/N-ethyl adjacent to an activating group) is 1. The van der Waals surface area contributed by atoms with E-state index < -0.39 is 48.1 Å². The molecule has 63 heavy (non-hydrogen) atoms. The molecule has 0 saturated heterocycles. The van der Waals surface area contributed by atoms with Gasteiger partial charge in [-0.1, -0.05) is 139 Å². The summed E-state index contributed by atoms with van der Waals surface area (Å²) in [6.07, 6.45) is 1.69. The lowest BCUT2D eigenvalue weighted by Gasteiger charge is -2.36. The van der Waals surface area contributed by atoms with Gasteiger partial charge in [-0.3, -0.25) is 19.2 Å². The molecule has 13 heteroatoms. The van der Waals surface area contributed by atoms with Gasteiger partial charge in [0.2, 0.25) is 5.91 Å². The molecule has 1 aliphatic rings. The van der Waals surface area contributed by atoms with Crippen molar-refractivity contribution in [2.75, 3.05) is 20.3 Å². The number of esters is 2. The summed E-state index contributed by atoms with van der Waals surface area (Å²) in [6, 6.07) is 24.1. The van der Waals surface area contributed by atoms with Crippen molar-refractivity contribution in [1.29, 1.82) is 0 Å². The van der Waals surface area contributed by atoms with Gasteiger partial charge in [0.1, 0.15) is 30.0 Å². The Morgan fingerprint density at radius 2 is 1.49 bits per heavy atom. The minimum Gasteiger partial charge on any atom is -0.461 e. The Kier molecular flexibility index (Phi) is 17.6. The lowest BCUT2D eigenvalue weighted by atomic mass is 9.93. The number of nitrogens with zero attached hydrogens (tertiary/aromatic N) is 2. The van der Waals surface area contributed by atoms with Crippen molar-refractivity contribution >= 4 is 41.2 Å². The van der Waals surface area contributed by atoms with Gasteiger partial charge in [-0.15, -0.1) is 11.3 Å². The minimum absolute atomic E-state index is 0.0997. The normalized spacial score (nSPS) is 14.8. The van der Waals surface area contributed by atoms with E-state index in [1.54, 1.807) is 31.2 Å². The highest BCUT2D eigenvalue weighted by atomic mass is 32.1. The lowest BCUT2D eigenvalue weighted by molar-refractivity contribution is -0.151. The number of nitrogens with one attached hydrogen (secondary N) is 2. The first-order chi connectivity index (χ1) is 30.3. The SMILES string of the molecule is C=CCOC(=O)[C@@H](C)C[C@H](Cc1ccccc1)NC(=O)c1csc([C@@H](C[C@H](C(C)C)N(C)C(=O)[C@@H](NC(=O)OCC2c3ccccc3-c3ccccc32)[C@@H](C)CC)OC(=O)CC)n1. The molecule has 12 nitrogen and oxygen atoms in total. The third kappa shape index (κ3) is 12.6. The quantitative estimate of drug-likeness (QED) is 0.0447. The van der Waals surface area contributed by atoms with Crippen molar-refractivity contribution < 1.29 is 38.2 Å². The number of amides is 3. The van der Waals surface area contributed by atoms with Gasteiger partial charge < -0.3 is 29.7 Å². The van der Waals surface area contributed by atoms with Gasteiger partial charge in [0.15, 0.2) is 6.10 Å². The van der Waals surface area contributed by atoms with Crippen LogP contribution in [0.25, 0.3) is 11.1 Å². The van der Waals surface area contributed by atoms with Crippen molar-refractivity contribution in [3.05, 3.63) is 124 Å². The van der Waals surface area contributed by atoms with Crippen molar-refractivity contribution in [2.45, 2.75) is 104 Å². The van der Waals surface area contributed by atoms with Crippen LogP contribution >= 0.6 is 11.3 Å². The number of hydrogen-bond acceptors (Lipinski definition) is 10. The largest absolute Gasteiger partial charge is 0.461 e. The maximum atomic E-state index is 14.5. The Morgan fingerprint density at radius 1 is 0.857 bits per heavy atom. The zero-order chi connectivity index (χ0) is 45.6. The third-order valence-corrected chi connectivity index (χ3v) is 12.7. The van der Waals surface area contributed by atoms with Gasteiger partial charge in [-0.2, -0.15) is 0 Å². The number of benzene rings is 3. The third-order valence-electron chi connectivity index (χ3n) is 11.8. The average Bonchev–Trinajstić information content (AvgIpc) is 3.91. The molecule has 0 radical (unpaired) electrons. The summed E-state index contributed by atoms with van der Waals surface area (Å²) in [7, 11) is 1.70. The number of carbonyl (C=O) groups excluding carboxylic acids is 5. The van der Waals surface area contributed by atoms with E-state index in [2.05, 4.69) is 46.5 Å². The molecule has 1 heterocycles. The van der Waals surface area contributed by atoms with E-state index in [4.69, 9.17) is 14.2 Å². The predicted octanol–water partition coefficient (Wildman–Crippen LogP) is 9.06. The summed E-state index contributed by atoms with van der Waals surface area (Å²) in [5.74, 6) is -2.53. The molecule has 0 saturated carbocycles. The van der Waals surface area contributed by atoms with Crippen LogP contribution in [0.5, 0.6) is 0 Å². The van der Waals surface area contributed by atoms with E-state index in [1.165, 1.54) is 17.4 Å². The van der Waals surface area contributed by atoms with Crippen molar-refractivity contribution in [3.63, 3.8) is 0 Å². The van der Waals surface area contributed by atoms with E-state index >= 15 is 0 Å². The number of hydrogen-bond donors (Lipinski definition) is 2. The van der Waals surface area contributed by atoms with E-state index in [-0.39, 0.29) is 61.4 Å². The smallest absolute Gasteiger partial charge is 0.407 e. The van der Waals surface area contributed by atoms with E-state index in [9.17, 15) is 24.0 Å². The molecule has 1 aliphatic carbocycles. The molecule has 1 aromatic heterocycles. The van der Waals surface area contributed by atoms with Crippen LogP contribution in [-0.4, -0.2) is 78.1 Å². The van der Waals surface area contributed by atoms with Gasteiger partial charge in [-0.25, -0.2) is 9.78 Å². The fourth-order valence-corrected chi connectivity index (χ4v) is 8.91. The molecule has 5 rings (SSSR count). The highest BCUT2D eigenvalue weighted by Crippen LogP contribution is 2.44. The zero-order valence-electron chi connectivity index (χ0n) is 37.5. The minimum atomic E-state index is -0.890. The maximum Gasteiger partial charge on any atom is 0.407 e. The molecule has 0 aliphatic heterocycles. The first-order valence-electron chi connectivity index (χ1n) is 21.9. The number of aromatic nitrogens is 1. The van der Waals surface area contributed by atoms with Gasteiger partial charge in [0, 0.05) is 43.3 Å². The standard InChI is InChI=1S/C50H62N4O8S/c1-9-25-60-49(58)33(7)26-35(27-34-19-13-12-14-20-34)51-46(56)41-30-63-47(52-41)43(62-44(55)11-3)28-42(31(4)5)54(8)48(57)45(32(6)10-2)53-50(59)61-29-40-38-23-17-15-21-36(38)37-22-16-18-24-39(37)40/h9,12-24,30-33,35,40,42-43,45H,1,10-11,25-29H2,2-8H3,(H,51,56)(H,53,59)/t32-,33-,35+,42+,43+,45-/m0/s1. The summed E-state index contributed by atoms with van der Waals surface area (Å²) in [5, 5.41) is 7.99. The number of thiazole rings is 1. The second-order valence-electron chi connectivity index (χ2n) is 16.6. The first-order valence-corrected chi connectivity index (χ1v) is 22.8. The second kappa shape index (κ2) is 23.0. The highest BCUT2D eigenvalue weighted by Gasteiger charge is 2.37. The molecule has 0 bridgehead atoms. The molecule has 4 aromatic rings. The molecule has 0 unspecified atom stereocenters. The van der Waals surface area contributed by atoms with Crippen LogP contribution in [0.2, 0.25) is 0 Å².